The summed E-state index contributed by atoms with van der Waals surface area (Å²) in [6, 6.07) is 12.8. The zero-order chi connectivity index (χ0) is 23.1. The first-order valence-electron chi connectivity index (χ1n) is 9.51. The number of amides is 1. The van der Waals surface area contributed by atoms with Crippen molar-refractivity contribution in [2.75, 3.05) is 10.7 Å². The van der Waals surface area contributed by atoms with Crippen molar-refractivity contribution in [3.63, 3.8) is 0 Å². The number of hydrazine groups is 1. The molecule has 0 aliphatic rings. The van der Waals surface area contributed by atoms with Crippen LogP contribution in [0.4, 0.5) is 28.7 Å². The molecular weight excluding hydrogens is 418 g/mol. The summed E-state index contributed by atoms with van der Waals surface area (Å²) in [6.45, 7) is 2.02. The Morgan fingerprint density at radius 2 is 1.53 bits per heavy atom. The summed E-state index contributed by atoms with van der Waals surface area (Å²) >= 11 is 0. The highest BCUT2D eigenvalue weighted by Gasteiger charge is 2.23. The highest BCUT2D eigenvalue weighted by Crippen LogP contribution is 2.30. The third kappa shape index (κ3) is 5.50. The van der Waals surface area contributed by atoms with Gasteiger partial charge in [0.2, 0.25) is 17.5 Å². The van der Waals surface area contributed by atoms with Crippen LogP contribution in [0, 0.1) is 20.2 Å². The van der Waals surface area contributed by atoms with Crippen LogP contribution in [0.5, 0.6) is 0 Å². The molecule has 32 heavy (non-hydrogen) atoms. The summed E-state index contributed by atoms with van der Waals surface area (Å²) in [4.78, 5) is 41.1. The minimum absolute atomic E-state index is 0.0404. The fourth-order valence-corrected chi connectivity index (χ4v) is 2.79. The third-order valence-corrected chi connectivity index (χ3v) is 4.46. The maximum Gasteiger partial charge on any atom is 0.355 e. The molecule has 3 aromatic rings. The zero-order valence-electron chi connectivity index (χ0n) is 16.9. The van der Waals surface area contributed by atoms with Crippen LogP contribution in [0.3, 0.4) is 0 Å². The fourth-order valence-electron chi connectivity index (χ4n) is 2.79. The smallest absolute Gasteiger partial charge is 0.334 e. The molecule has 0 aliphatic carbocycles. The van der Waals surface area contributed by atoms with Crippen LogP contribution in [0.15, 0.2) is 54.9 Å². The lowest BCUT2D eigenvalue weighted by molar-refractivity contribution is -0.384. The van der Waals surface area contributed by atoms with Gasteiger partial charge in [0.05, 0.1) is 16.3 Å². The molecule has 12 nitrogen and oxygen atoms in total. The van der Waals surface area contributed by atoms with Crippen LogP contribution < -0.4 is 16.2 Å². The quantitative estimate of drug-likeness (QED) is 0.336. The minimum atomic E-state index is -0.659. The van der Waals surface area contributed by atoms with Crippen molar-refractivity contribution < 1.29 is 14.6 Å². The van der Waals surface area contributed by atoms with E-state index in [4.69, 9.17) is 0 Å². The molecule has 0 radical (unpaired) electrons. The molecule has 1 amide bonds. The number of hydrogen-bond donors (Lipinski definition) is 3. The molecule has 3 rings (SSSR count). The highest BCUT2D eigenvalue weighted by molar-refractivity contribution is 5.81. The van der Waals surface area contributed by atoms with Gasteiger partial charge in [0.1, 0.15) is 6.33 Å². The number of nitro benzene ring substituents is 1. The molecule has 0 atom stereocenters. The van der Waals surface area contributed by atoms with Crippen molar-refractivity contribution in [2.45, 2.75) is 19.8 Å². The number of aromatic nitrogens is 2. The second kappa shape index (κ2) is 9.93. The van der Waals surface area contributed by atoms with E-state index in [1.54, 1.807) is 12.1 Å². The van der Waals surface area contributed by atoms with Gasteiger partial charge in [-0.2, -0.15) is 0 Å². The molecule has 0 saturated carbocycles. The topological polar surface area (TPSA) is 165 Å². The number of rotatable bonds is 9. The number of carbonyl (C=O) groups is 1. The monoisotopic (exact) mass is 437 g/mol. The van der Waals surface area contributed by atoms with Crippen molar-refractivity contribution >= 4 is 34.6 Å². The Balaban J connectivity index is 1.70. The van der Waals surface area contributed by atoms with Gasteiger partial charge in [0, 0.05) is 17.8 Å². The molecule has 12 heteroatoms. The van der Waals surface area contributed by atoms with Gasteiger partial charge in [-0.1, -0.05) is 31.2 Å². The number of carbonyl (C=O) groups excluding carboxylic acids is 1. The average Bonchev–Trinajstić information content (AvgIpc) is 2.78. The summed E-state index contributed by atoms with van der Waals surface area (Å²) in [5.74, 6) is -0.757. The molecule has 0 aliphatic heterocycles. The molecule has 2 aromatic carbocycles. The molecule has 1 heterocycles. The molecule has 164 valence electrons. The van der Waals surface area contributed by atoms with E-state index in [1.807, 2.05) is 19.1 Å². The molecule has 0 unspecified atom stereocenters. The molecule has 0 saturated heterocycles. The molecule has 0 fully saturated rings. The first-order chi connectivity index (χ1) is 15.4. The number of anilines is 3. The molecule has 0 spiro atoms. The Labute approximate surface area is 182 Å². The highest BCUT2D eigenvalue weighted by atomic mass is 16.6. The van der Waals surface area contributed by atoms with Crippen LogP contribution in [-0.2, 0) is 17.6 Å². The van der Waals surface area contributed by atoms with Gasteiger partial charge >= 0.3 is 5.69 Å². The zero-order valence-corrected chi connectivity index (χ0v) is 16.9. The molecule has 3 N–H and O–H groups in total. The lowest BCUT2D eigenvalue weighted by atomic mass is 10.1. The van der Waals surface area contributed by atoms with E-state index < -0.39 is 21.4 Å². The van der Waals surface area contributed by atoms with Crippen molar-refractivity contribution in [3.8, 4) is 0 Å². The van der Waals surface area contributed by atoms with Crippen LogP contribution in [0.25, 0.3) is 0 Å². The van der Waals surface area contributed by atoms with E-state index in [-0.39, 0.29) is 23.7 Å². The lowest BCUT2D eigenvalue weighted by Gasteiger charge is -2.11. The summed E-state index contributed by atoms with van der Waals surface area (Å²) in [6.07, 6.45) is 1.89. The maximum atomic E-state index is 12.2. The Kier molecular flexibility index (Phi) is 6.85. The van der Waals surface area contributed by atoms with Crippen LogP contribution in [0.1, 0.15) is 18.1 Å². The van der Waals surface area contributed by atoms with Crippen molar-refractivity contribution in [1.29, 1.82) is 0 Å². The first kappa shape index (κ1) is 22.1. The van der Waals surface area contributed by atoms with Gasteiger partial charge < -0.3 is 5.32 Å². The summed E-state index contributed by atoms with van der Waals surface area (Å²) in [5, 5.41) is 25.2. The van der Waals surface area contributed by atoms with Crippen LogP contribution >= 0.6 is 0 Å². The number of nitrogens with zero attached hydrogens (tertiary/aromatic N) is 4. The van der Waals surface area contributed by atoms with E-state index in [9.17, 15) is 25.0 Å². The molecular formula is C20H19N7O5. The normalized spacial score (nSPS) is 10.3. The SMILES string of the molecule is CCc1ccc(Nc2ncnc(NNC(=O)Cc3ccc([N+](=O)[O-])cc3)c2[N+](=O)[O-])cc1. The fraction of sp³-hybridized carbons (Fsp3) is 0.150. The largest absolute Gasteiger partial charge is 0.355 e. The number of nitro groups is 2. The first-order valence-corrected chi connectivity index (χ1v) is 9.51. The molecule has 0 bridgehead atoms. The van der Waals surface area contributed by atoms with Gasteiger partial charge in [-0.25, -0.2) is 9.97 Å². The van der Waals surface area contributed by atoms with Crippen LogP contribution in [0.2, 0.25) is 0 Å². The summed E-state index contributed by atoms with van der Waals surface area (Å²) < 4.78 is 0. The van der Waals surface area contributed by atoms with E-state index in [1.165, 1.54) is 24.3 Å². The van der Waals surface area contributed by atoms with E-state index >= 15 is 0 Å². The van der Waals surface area contributed by atoms with E-state index in [0.717, 1.165) is 18.3 Å². The number of non-ortho nitro benzene ring substituents is 1. The van der Waals surface area contributed by atoms with E-state index in [2.05, 4.69) is 26.1 Å². The maximum absolute atomic E-state index is 12.2. The standard InChI is InChI=1S/C20H19N7O5/c1-2-13-3-7-15(8-4-13)23-19-18(27(31)32)20(22-12-21-19)25-24-17(28)11-14-5-9-16(10-6-14)26(29)30/h3-10,12H,2,11H2,1H3,(H,24,28)(H2,21,22,23,25). The number of benzene rings is 2. The predicted molar refractivity (Wildman–Crippen MR) is 116 cm³/mol. The van der Waals surface area contributed by atoms with Crippen molar-refractivity contribution in [3.05, 3.63) is 86.2 Å². The lowest BCUT2D eigenvalue weighted by Crippen LogP contribution is -2.31. The number of nitrogens with one attached hydrogen (secondary N) is 3. The van der Waals surface area contributed by atoms with Crippen molar-refractivity contribution in [1.82, 2.24) is 15.4 Å². The summed E-state index contributed by atoms with van der Waals surface area (Å²) in [7, 11) is 0. The second-order valence-electron chi connectivity index (χ2n) is 6.63. The van der Waals surface area contributed by atoms with Gasteiger partial charge in [-0.15, -0.1) is 0 Å². The predicted octanol–water partition coefficient (Wildman–Crippen LogP) is 3.28. The Morgan fingerprint density at radius 1 is 0.906 bits per heavy atom. The third-order valence-electron chi connectivity index (χ3n) is 4.46. The Morgan fingerprint density at radius 3 is 2.12 bits per heavy atom. The van der Waals surface area contributed by atoms with Crippen molar-refractivity contribution in [2.24, 2.45) is 0 Å². The van der Waals surface area contributed by atoms with E-state index in [0.29, 0.717) is 11.3 Å². The summed E-state index contributed by atoms with van der Waals surface area (Å²) in [5.41, 5.74) is 6.51. The van der Waals surface area contributed by atoms with Gasteiger partial charge in [-0.3, -0.25) is 35.9 Å². The van der Waals surface area contributed by atoms with Gasteiger partial charge in [-0.05, 0) is 29.7 Å². The second-order valence-corrected chi connectivity index (χ2v) is 6.63. The number of hydrogen-bond acceptors (Lipinski definition) is 9. The van der Waals surface area contributed by atoms with Gasteiger partial charge in [0.25, 0.3) is 5.69 Å². The number of aryl methyl sites for hydroxylation is 1. The van der Waals surface area contributed by atoms with Gasteiger partial charge in [0.15, 0.2) is 0 Å². The average molecular weight is 437 g/mol. The van der Waals surface area contributed by atoms with Crippen LogP contribution in [-0.4, -0.2) is 25.7 Å². The minimum Gasteiger partial charge on any atom is -0.334 e. The molecule has 1 aromatic heterocycles. The Bertz CT molecular complexity index is 1130. The Hall–Kier alpha value is -4.61.